The van der Waals surface area contributed by atoms with Crippen LogP contribution in [0.25, 0.3) is 0 Å². The van der Waals surface area contributed by atoms with E-state index in [0.29, 0.717) is 24.3 Å². The quantitative estimate of drug-likeness (QED) is 0.644. The van der Waals surface area contributed by atoms with Crippen LogP contribution in [0.2, 0.25) is 0 Å². The average molecular weight is 411 g/mol. The van der Waals surface area contributed by atoms with E-state index < -0.39 is 28.1 Å². The first-order chi connectivity index (χ1) is 13.3. The van der Waals surface area contributed by atoms with Gasteiger partial charge in [0.1, 0.15) is 12.0 Å². The minimum atomic E-state index is -3.83. The summed E-state index contributed by atoms with van der Waals surface area (Å²) in [4.78, 5) is 23.8. The highest BCUT2D eigenvalue weighted by Gasteiger charge is 2.35. The van der Waals surface area contributed by atoms with Crippen molar-refractivity contribution < 1.29 is 27.5 Å². The molecule has 1 atom stereocenters. The summed E-state index contributed by atoms with van der Waals surface area (Å²) in [6.45, 7) is 2.30. The SMILES string of the molecule is COc1ccc(S(=O)(=O)N2CCCO[C@H]2CNC(=O)C(=O)NC2CC2)cc1C. The van der Waals surface area contributed by atoms with Crippen LogP contribution in [0.4, 0.5) is 0 Å². The Hall–Kier alpha value is -2.17. The van der Waals surface area contributed by atoms with E-state index >= 15 is 0 Å². The Morgan fingerprint density at radius 1 is 1.29 bits per heavy atom. The fourth-order valence-corrected chi connectivity index (χ4v) is 4.64. The molecule has 1 aromatic carbocycles. The lowest BCUT2D eigenvalue weighted by Crippen LogP contribution is -2.53. The number of sulfonamides is 1. The van der Waals surface area contributed by atoms with Gasteiger partial charge in [0.15, 0.2) is 0 Å². The number of rotatable bonds is 6. The maximum absolute atomic E-state index is 13.1. The van der Waals surface area contributed by atoms with Crippen molar-refractivity contribution in [1.29, 1.82) is 0 Å². The Bertz CT molecular complexity index is 853. The second kappa shape index (κ2) is 8.46. The fourth-order valence-electron chi connectivity index (χ4n) is 2.99. The van der Waals surface area contributed by atoms with E-state index in [4.69, 9.17) is 9.47 Å². The summed E-state index contributed by atoms with van der Waals surface area (Å²) in [7, 11) is -2.31. The maximum Gasteiger partial charge on any atom is 0.309 e. The number of methoxy groups -OCH3 is 1. The van der Waals surface area contributed by atoms with Crippen LogP contribution in [0, 0.1) is 6.92 Å². The minimum absolute atomic E-state index is 0.0689. The second-order valence-corrected chi connectivity index (χ2v) is 8.77. The zero-order valence-electron chi connectivity index (χ0n) is 15.9. The predicted molar refractivity (Wildman–Crippen MR) is 100 cm³/mol. The van der Waals surface area contributed by atoms with Crippen molar-refractivity contribution in [3.8, 4) is 5.75 Å². The summed E-state index contributed by atoms with van der Waals surface area (Å²) in [5.41, 5.74) is 0.697. The number of nitrogens with zero attached hydrogens (tertiary/aromatic N) is 1. The van der Waals surface area contributed by atoms with Crippen molar-refractivity contribution in [2.45, 2.75) is 43.4 Å². The molecule has 1 heterocycles. The molecule has 0 unspecified atom stereocenters. The van der Waals surface area contributed by atoms with Gasteiger partial charge in [-0.1, -0.05) is 0 Å². The number of benzene rings is 1. The van der Waals surface area contributed by atoms with E-state index in [1.165, 1.54) is 17.5 Å². The lowest BCUT2D eigenvalue weighted by Gasteiger charge is -2.34. The Morgan fingerprint density at radius 2 is 2.04 bits per heavy atom. The molecule has 2 amide bonds. The maximum atomic E-state index is 13.1. The molecule has 0 spiro atoms. The van der Waals surface area contributed by atoms with E-state index in [1.807, 2.05) is 0 Å². The number of carbonyl (C=O) groups excluding carboxylic acids is 2. The van der Waals surface area contributed by atoms with Gasteiger partial charge in [-0.3, -0.25) is 9.59 Å². The normalized spacial score (nSPS) is 20.4. The molecule has 1 aliphatic carbocycles. The van der Waals surface area contributed by atoms with Crippen LogP contribution in [-0.4, -0.2) is 63.6 Å². The summed E-state index contributed by atoms with van der Waals surface area (Å²) in [6, 6.07) is 4.70. The van der Waals surface area contributed by atoms with E-state index in [-0.39, 0.29) is 24.0 Å². The highest BCUT2D eigenvalue weighted by atomic mass is 32.2. The zero-order chi connectivity index (χ0) is 20.3. The Labute approximate surface area is 164 Å². The van der Waals surface area contributed by atoms with Crippen LogP contribution in [0.15, 0.2) is 23.1 Å². The van der Waals surface area contributed by atoms with E-state index in [2.05, 4.69) is 10.6 Å². The van der Waals surface area contributed by atoms with Gasteiger partial charge < -0.3 is 20.1 Å². The molecule has 0 aromatic heterocycles. The van der Waals surface area contributed by atoms with Gasteiger partial charge in [0.05, 0.1) is 25.2 Å². The highest BCUT2D eigenvalue weighted by Crippen LogP contribution is 2.26. The number of ether oxygens (including phenoxy) is 2. The first kappa shape index (κ1) is 20.6. The van der Waals surface area contributed by atoms with Gasteiger partial charge in [0.2, 0.25) is 10.0 Å². The van der Waals surface area contributed by atoms with Gasteiger partial charge >= 0.3 is 11.8 Å². The van der Waals surface area contributed by atoms with Gasteiger partial charge in [0.25, 0.3) is 0 Å². The number of amides is 2. The van der Waals surface area contributed by atoms with Crippen LogP contribution in [-0.2, 0) is 24.3 Å². The van der Waals surface area contributed by atoms with Crippen LogP contribution in [0.1, 0.15) is 24.8 Å². The molecular formula is C18H25N3O6S. The fraction of sp³-hybridized carbons (Fsp3) is 0.556. The Morgan fingerprint density at radius 3 is 2.68 bits per heavy atom. The van der Waals surface area contributed by atoms with E-state index in [1.54, 1.807) is 19.1 Å². The molecule has 3 rings (SSSR count). The summed E-state index contributed by atoms with van der Waals surface area (Å²) in [5.74, 6) is -0.906. The second-order valence-electron chi connectivity index (χ2n) is 6.88. The molecule has 1 saturated heterocycles. The lowest BCUT2D eigenvalue weighted by molar-refractivity contribution is -0.140. The molecular weight excluding hydrogens is 386 g/mol. The van der Waals surface area contributed by atoms with Gasteiger partial charge in [-0.05, 0) is 49.9 Å². The van der Waals surface area contributed by atoms with Crippen molar-refractivity contribution in [2.75, 3.05) is 26.8 Å². The van der Waals surface area contributed by atoms with Crippen molar-refractivity contribution in [3.05, 3.63) is 23.8 Å². The number of aryl methyl sites for hydroxylation is 1. The van der Waals surface area contributed by atoms with Gasteiger partial charge in [-0.15, -0.1) is 0 Å². The number of carbonyl (C=O) groups is 2. The standard InChI is InChI=1S/C18H25N3O6S/c1-12-10-14(6-7-15(12)26-2)28(24,25)21-8-3-9-27-16(21)11-19-17(22)18(23)20-13-4-5-13/h6-7,10,13,16H,3-5,8-9,11H2,1-2H3,(H,19,22)(H,20,23)/t16-/m0/s1. The molecule has 0 radical (unpaired) electrons. The van der Waals surface area contributed by atoms with Crippen molar-refractivity contribution >= 4 is 21.8 Å². The third-order valence-corrected chi connectivity index (χ3v) is 6.57. The third kappa shape index (κ3) is 4.62. The topological polar surface area (TPSA) is 114 Å². The molecule has 9 nitrogen and oxygen atoms in total. The molecule has 1 saturated carbocycles. The zero-order valence-corrected chi connectivity index (χ0v) is 16.8. The lowest BCUT2D eigenvalue weighted by atomic mass is 10.2. The number of nitrogens with one attached hydrogen (secondary N) is 2. The molecule has 0 bridgehead atoms. The van der Waals surface area contributed by atoms with Crippen LogP contribution in [0.5, 0.6) is 5.75 Å². The number of hydrogen-bond donors (Lipinski definition) is 2. The first-order valence-electron chi connectivity index (χ1n) is 9.19. The van der Waals surface area contributed by atoms with Gasteiger partial charge in [0, 0.05) is 12.6 Å². The van der Waals surface area contributed by atoms with Crippen LogP contribution in [0.3, 0.4) is 0 Å². The predicted octanol–water partition coefficient (Wildman–Crippen LogP) is 0.136. The molecule has 10 heteroatoms. The van der Waals surface area contributed by atoms with Gasteiger partial charge in [-0.25, -0.2) is 8.42 Å². The average Bonchev–Trinajstić information content (AvgIpc) is 3.50. The summed E-state index contributed by atoms with van der Waals surface area (Å²) >= 11 is 0. The third-order valence-electron chi connectivity index (χ3n) is 4.68. The smallest absolute Gasteiger partial charge is 0.309 e. The summed E-state index contributed by atoms with van der Waals surface area (Å²) in [6.07, 6.45) is 1.41. The van der Waals surface area contributed by atoms with E-state index in [9.17, 15) is 18.0 Å². The highest BCUT2D eigenvalue weighted by molar-refractivity contribution is 7.89. The molecule has 2 aliphatic rings. The molecule has 2 fully saturated rings. The molecule has 154 valence electrons. The molecule has 28 heavy (non-hydrogen) atoms. The number of hydrogen-bond acceptors (Lipinski definition) is 6. The minimum Gasteiger partial charge on any atom is -0.496 e. The monoisotopic (exact) mass is 411 g/mol. The van der Waals surface area contributed by atoms with Crippen molar-refractivity contribution in [3.63, 3.8) is 0 Å². The summed E-state index contributed by atoms with van der Waals surface area (Å²) in [5, 5.41) is 5.06. The largest absolute Gasteiger partial charge is 0.496 e. The Balaban J connectivity index is 1.70. The van der Waals surface area contributed by atoms with Gasteiger partial charge in [-0.2, -0.15) is 4.31 Å². The van der Waals surface area contributed by atoms with Crippen molar-refractivity contribution in [1.82, 2.24) is 14.9 Å². The van der Waals surface area contributed by atoms with Crippen molar-refractivity contribution in [2.24, 2.45) is 0 Å². The van der Waals surface area contributed by atoms with Crippen LogP contribution < -0.4 is 15.4 Å². The van der Waals surface area contributed by atoms with Crippen LogP contribution >= 0.6 is 0 Å². The van der Waals surface area contributed by atoms with E-state index in [0.717, 1.165) is 12.8 Å². The first-order valence-corrected chi connectivity index (χ1v) is 10.6. The summed E-state index contributed by atoms with van der Waals surface area (Å²) < 4.78 is 38.2. The molecule has 1 aromatic rings. The Kier molecular flexibility index (Phi) is 6.21. The molecule has 1 aliphatic heterocycles. The molecule has 2 N–H and O–H groups in total.